The molecule has 1 aromatic carbocycles. The molecule has 0 saturated carbocycles. The average Bonchev–Trinajstić information content (AvgIpc) is 2.47. The van der Waals surface area contributed by atoms with E-state index in [-0.39, 0.29) is 11.9 Å². The Morgan fingerprint density at radius 2 is 1.84 bits per heavy atom. The van der Waals surface area contributed by atoms with Gasteiger partial charge >= 0.3 is 5.97 Å². The van der Waals surface area contributed by atoms with Gasteiger partial charge in [0.1, 0.15) is 11.5 Å². The minimum atomic E-state index is -0.162. The molecule has 104 valence electrons. The number of rotatable bonds is 5. The Hall–Kier alpha value is -1.55. The maximum Gasteiger partial charge on any atom is 0.314 e. The Kier molecular flexibility index (Phi) is 5.21. The van der Waals surface area contributed by atoms with E-state index in [0.717, 1.165) is 25.0 Å². The lowest BCUT2D eigenvalue weighted by atomic mass is 10.0. The van der Waals surface area contributed by atoms with E-state index < -0.39 is 0 Å². The van der Waals surface area contributed by atoms with Gasteiger partial charge in [0.05, 0.1) is 12.5 Å². The summed E-state index contributed by atoms with van der Waals surface area (Å²) in [6, 6.07) is 7.18. The van der Waals surface area contributed by atoms with Crippen molar-refractivity contribution in [1.82, 2.24) is 0 Å². The third kappa shape index (κ3) is 4.24. The zero-order chi connectivity index (χ0) is 13.5. The number of carbonyl (C=O) groups is 1. The van der Waals surface area contributed by atoms with Crippen LogP contribution in [-0.4, -0.2) is 25.8 Å². The van der Waals surface area contributed by atoms with E-state index in [1.807, 2.05) is 12.1 Å². The van der Waals surface area contributed by atoms with E-state index in [2.05, 4.69) is 6.92 Å². The van der Waals surface area contributed by atoms with Crippen LogP contribution in [-0.2, 0) is 9.53 Å². The van der Waals surface area contributed by atoms with Gasteiger partial charge in [-0.3, -0.25) is 4.79 Å². The van der Waals surface area contributed by atoms with Crippen LogP contribution in [0.25, 0.3) is 0 Å². The van der Waals surface area contributed by atoms with Gasteiger partial charge in [0.15, 0.2) is 0 Å². The van der Waals surface area contributed by atoms with Crippen LogP contribution < -0.4 is 9.47 Å². The van der Waals surface area contributed by atoms with E-state index in [0.29, 0.717) is 25.6 Å². The second-order valence-corrected chi connectivity index (χ2v) is 4.63. The SMILES string of the molecule is CCCOc1ccc(OC(=O)C2CCOCC2)cc1. The highest BCUT2D eigenvalue weighted by molar-refractivity contribution is 5.75. The van der Waals surface area contributed by atoms with Gasteiger partial charge in [0.2, 0.25) is 0 Å². The highest BCUT2D eigenvalue weighted by atomic mass is 16.5. The van der Waals surface area contributed by atoms with Crippen molar-refractivity contribution in [2.24, 2.45) is 5.92 Å². The molecule has 4 nitrogen and oxygen atoms in total. The summed E-state index contributed by atoms with van der Waals surface area (Å²) in [5, 5.41) is 0. The molecule has 0 spiro atoms. The fourth-order valence-electron chi connectivity index (χ4n) is 1.96. The number of carbonyl (C=O) groups excluding carboxylic acids is 1. The summed E-state index contributed by atoms with van der Waals surface area (Å²) in [6.07, 6.45) is 2.47. The van der Waals surface area contributed by atoms with E-state index >= 15 is 0 Å². The van der Waals surface area contributed by atoms with Gasteiger partial charge in [-0.25, -0.2) is 0 Å². The van der Waals surface area contributed by atoms with E-state index in [9.17, 15) is 4.79 Å². The molecular formula is C15H20O4. The molecule has 19 heavy (non-hydrogen) atoms. The Morgan fingerprint density at radius 3 is 2.47 bits per heavy atom. The van der Waals surface area contributed by atoms with E-state index in [1.165, 1.54) is 0 Å². The number of hydrogen-bond donors (Lipinski definition) is 0. The van der Waals surface area contributed by atoms with Crippen molar-refractivity contribution in [3.05, 3.63) is 24.3 Å². The molecule has 4 heteroatoms. The highest BCUT2D eigenvalue weighted by Gasteiger charge is 2.23. The molecule has 1 aromatic rings. The summed E-state index contributed by atoms with van der Waals surface area (Å²) in [6.45, 7) is 4.04. The van der Waals surface area contributed by atoms with Crippen LogP contribution in [0.3, 0.4) is 0 Å². The standard InChI is InChI=1S/C15H20O4/c1-2-9-18-13-3-5-14(6-4-13)19-15(16)12-7-10-17-11-8-12/h3-6,12H,2,7-11H2,1H3. The molecule has 0 radical (unpaired) electrons. The van der Waals surface area contributed by atoms with Gasteiger partial charge < -0.3 is 14.2 Å². The van der Waals surface area contributed by atoms with Crippen molar-refractivity contribution < 1.29 is 19.0 Å². The molecule has 1 heterocycles. The van der Waals surface area contributed by atoms with Crippen molar-refractivity contribution in [2.45, 2.75) is 26.2 Å². The van der Waals surface area contributed by atoms with Crippen LogP contribution in [0.4, 0.5) is 0 Å². The molecule has 0 unspecified atom stereocenters. The minimum absolute atomic E-state index is 0.0373. The topological polar surface area (TPSA) is 44.8 Å². The molecule has 1 fully saturated rings. The van der Waals surface area contributed by atoms with Crippen LogP contribution >= 0.6 is 0 Å². The Balaban J connectivity index is 1.86. The van der Waals surface area contributed by atoms with Gasteiger partial charge in [-0.2, -0.15) is 0 Å². The molecule has 1 aliphatic rings. The Labute approximate surface area is 113 Å². The van der Waals surface area contributed by atoms with Gasteiger partial charge in [-0.1, -0.05) is 6.92 Å². The fraction of sp³-hybridized carbons (Fsp3) is 0.533. The highest BCUT2D eigenvalue weighted by Crippen LogP contribution is 2.21. The first kappa shape index (κ1) is 13.9. The predicted molar refractivity (Wildman–Crippen MR) is 71.4 cm³/mol. The normalized spacial score (nSPS) is 16.1. The Bertz CT molecular complexity index is 393. The van der Waals surface area contributed by atoms with E-state index in [4.69, 9.17) is 14.2 Å². The van der Waals surface area contributed by atoms with Crippen LogP contribution in [0.15, 0.2) is 24.3 Å². The maximum atomic E-state index is 11.9. The fourth-order valence-corrected chi connectivity index (χ4v) is 1.96. The lowest BCUT2D eigenvalue weighted by molar-refractivity contribution is -0.142. The van der Waals surface area contributed by atoms with Gasteiger partial charge in [-0.15, -0.1) is 0 Å². The molecule has 0 aromatic heterocycles. The van der Waals surface area contributed by atoms with Crippen LogP contribution in [0.2, 0.25) is 0 Å². The monoisotopic (exact) mass is 264 g/mol. The number of benzene rings is 1. The summed E-state index contributed by atoms with van der Waals surface area (Å²) >= 11 is 0. The average molecular weight is 264 g/mol. The first-order chi connectivity index (χ1) is 9.29. The largest absolute Gasteiger partial charge is 0.494 e. The summed E-state index contributed by atoms with van der Waals surface area (Å²) in [5.74, 6) is 1.17. The van der Waals surface area contributed by atoms with Gasteiger partial charge in [0.25, 0.3) is 0 Å². The summed E-state index contributed by atoms with van der Waals surface area (Å²) in [4.78, 5) is 11.9. The van der Waals surface area contributed by atoms with Crippen LogP contribution in [0.1, 0.15) is 26.2 Å². The van der Waals surface area contributed by atoms with Crippen LogP contribution in [0, 0.1) is 5.92 Å². The van der Waals surface area contributed by atoms with Crippen molar-refractivity contribution >= 4 is 5.97 Å². The molecule has 0 aliphatic carbocycles. The number of esters is 1. The molecule has 0 atom stereocenters. The minimum Gasteiger partial charge on any atom is -0.494 e. The van der Waals surface area contributed by atoms with Gasteiger partial charge in [-0.05, 0) is 43.5 Å². The first-order valence-corrected chi connectivity index (χ1v) is 6.82. The lowest BCUT2D eigenvalue weighted by Gasteiger charge is -2.20. The van der Waals surface area contributed by atoms with Crippen LogP contribution in [0.5, 0.6) is 11.5 Å². The third-order valence-electron chi connectivity index (χ3n) is 3.07. The maximum absolute atomic E-state index is 11.9. The van der Waals surface area contributed by atoms with Crippen molar-refractivity contribution in [1.29, 1.82) is 0 Å². The summed E-state index contributed by atoms with van der Waals surface area (Å²) in [5.41, 5.74) is 0. The first-order valence-electron chi connectivity index (χ1n) is 6.82. The molecule has 0 amide bonds. The lowest BCUT2D eigenvalue weighted by Crippen LogP contribution is -2.27. The van der Waals surface area contributed by atoms with Crippen molar-refractivity contribution in [2.75, 3.05) is 19.8 Å². The smallest absolute Gasteiger partial charge is 0.314 e. The quantitative estimate of drug-likeness (QED) is 0.606. The number of hydrogen-bond acceptors (Lipinski definition) is 4. The molecule has 2 rings (SSSR count). The van der Waals surface area contributed by atoms with E-state index in [1.54, 1.807) is 12.1 Å². The number of ether oxygens (including phenoxy) is 3. The molecule has 1 aliphatic heterocycles. The van der Waals surface area contributed by atoms with Gasteiger partial charge in [0, 0.05) is 13.2 Å². The Morgan fingerprint density at radius 1 is 1.21 bits per heavy atom. The van der Waals surface area contributed by atoms with Crippen molar-refractivity contribution in [3.63, 3.8) is 0 Å². The second-order valence-electron chi connectivity index (χ2n) is 4.63. The molecular weight excluding hydrogens is 244 g/mol. The molecule has 1 saturated heterocycles. The second kappa shape index (κ2) is 7.14. The zero-order valence-electron chi connectivity index (χ0n) is 11.3. The van der Waals surface area contributed by atoms with Crippen molar-refractivity contribution in [3.8, 4) is 11.5 Å². The predicted octanol–water partition coefficient (Wildman–Crippen LogP) is 2.81. The molecule has 0 bridgehead atoms. The third-order valence-corrected chi connectivity index (χ3v) is 3.07. The summed E-state index contributed by atoms with van der Waals surface area (Å²) < 4.78 is 16.1. The molecule has 0 N–H and O–H groups in total. The summed E-state index contributed by atoms with van der Waals surface area (Å²) in [7, 11) is 0. The zero-order valence-corrected chi connectivity index (χ0v) is 11.3.